The molecule has 1 saturated heterocycles. The molecule has 2 aliphatic rings. The van der Waals surface area contributed by atoms with Crippen molar-refractivity contribution < 1.29 is 29.7 Å². The first kappa shape index (κ1) is 18.0. The van der Waals surface area contributed by atoms with Crippen molar-refractivity contribution in [3.8, 4) is 17.2 Å². The van der Waals surface area contributed by atoms with E-state index in [4.69, 9.17) is 0 Å². The number of carbonyl (C=O) groups is 3. The second-order valence-corrected chi connectivity index (χ2v) is 7.06. The topological polar surface area (TPSA) is 118 Å². The van der Waals surface area contributed by atoms with Gasteiger partial charge in [-0.2, -0.15) is 0 Å². The van der Waals surface area contributed by atoms with Crippen molar-refractivity contribution in [2.24, 2.45) is 0 Å². The van der Waals surface area contributed by atoms with Crippen LogP contribution >= 0.6 is 0 Å². The highest BCUT2D eigenvalue weighted by Crippen LogP contribution is 2.39. The molecule has 1 fully saturated rings. The van der Waals surface area contributed by atoms with Crippen LogP contribution in [0.1, 0.15) is 42.2 Å². The molecule has 0 unspecified atom stereocenters. The number of rotatable bonds is 1. The van der Waals surface area contributed by atoms with Gasteiger partial charge in [0.05, 0.1) is 11.1 Å². The molecule has 0 saturated carbocycles. The van der Waals surface area contributed by atoms with Crippen LogP contribution in [0.4, 0.5) is 0 Å². The third-order valence-electron chi connectivity index (χ3n) is 5.20. The third kappa shape index (κ3) is 2.69. The van der Waals surface area contributed by atoms with Gasteiger partial charge in [-0.1, -0.05) is 0 Å². The number of hydrogen-bond donors (Lipinski definition) is 3. The van der Waals surface area contributed by atoms with Gasteiger partial charge in [-0.3, -0.25) is 14.4 Å². The summed E-state index contributed by atoms with van der Waals surface area (Å²) in [5.74, 6) is -3.13. The monoisotopic (exact) mass is 382 g/mol. The molecule has 2 aromatic carbocycles. The first-order valence-corrected chi connectivity index (χ1v) is 8.78. The lowest BCUT2D eigenvalue weighted by Gasteiger charge is -2.32. The molecule has 8 heteroatoms. The molecular formula is C20H18N2O6. The average molecular weight is 382 g/mol. The summed E-state index contributed by atoms with van der Waals surface area (Å²) in [6.45, 7) is 2.47. The van der Waals surface area contributed by atoms with E-state index in [1.165, 1.54) is 12.1 Å². The molecule has 4 rings (SSSR count). The van der Waals surface area contributed by atoms with Gasteiger partial charge in [0.2, 0.25) is 5.78 Å². The van der Waals surface area contributed by atoms with Crippen LogP contribution in [-0.4, -0.2) is 75.8 Å². The summed E-state index contributed by atoms with van der Waals surface area (Å²) >= 11 is 0. The number of phenolic OH excluding ortho intramolecular Hbond substituents is 3. The molecule has 8 nitrogen and oxygen atoms in total. The molecule has 1 aliphatic carbocycles. The highest BCUT2D eigenvalue weighted by molar-refractivity contribution is 6.30. The van der Waals surface area contributed by atoms with Crippen LogP contribution in [0.25, 0.3) is 0 Å². The van der Waals surface area contributed by atoms with Crippen LogP contribution in [0.3, 0.4) is 0 Å². The second kappa shape index (κ2) is 6.35. The number of nitrogens with zero attached hydrogens (tertiary/aromatic N) is 2. The molecule has 3 N–H and O–H groups in total. The molecule has 1 heterocycles. The number of carbonyl (C=O) groups excluding carboxylic acids is 3. The molecule has 144 valence electrons. The normalized spacial score (nSPS) is 16.7. The van der Waals surface area contributed by atoms with Gasteiger partial charge in [0.1, 0.15) is 17.2 Å². The predicted octanol–water partition coefficient (Wildman–Crippen LogP) is 0.966. The Labute approximate surface area is 160 Å². The van der Waals surface area contributed by atoms with E-state index in [1.54, 1.807) is 4.90 Å². The van der Waals surface area contributed by atoms with E-state index in [9.17, 15) is 29.7 Å². The van der Waals surface area contributed by atoms with E-state index < -0.39 is 23.1 Å². The number of phenols is 3. The Morgan fingerprint density at radius 1 is 0.821 bits per heavy atom. The van der Waals surface area contributed by atoms with E-state index >= 15 is 0 Å². The van der Waals surface area contributed by atoms with Crippen molar-refractivity contribution in [3.05, 3.63) is 52.1 Å². The van der Waals surface area contributed by atoms with E-state index in [-0.39, 0.29) is 39.5 Å². The Morgan fingerprint density at radius 3 is 2.04 bits per heavy atom. The van der Waals surface area contributed by atoms with E-state index in [0.29, 0.717) is 26.2 Å². The molecule has 0 radical (unpaired) electrons. The van der Waals surface area contributed by atoms with Gasteiger partial charge in [-0.05, 0) is 25.2 Å². The lowest BCUT2D eigenvalue weighted by Crippen LogP contribution is -2.47. The van der Waals surface area contributed by atoms with Crippen molar-refractivity contribution in [2.75, 3.05) is 33.2 Å². The zero-order valence-corrected chi connectivity index (χ0v) is 15.1. The summed E-state index contributed by atoms with van der Waals surface area (Å²) in [4.78, 5) is 42.2. The van der Waals surface area contributed by atoms with Crippen molar-refractivity contribution in [1.82, 2.24) is 9.80 Å². The number of amides is 1. The van der Waals surface area contributed by atoms with Gasteiger partial charge in [0, 0.05) is 48.9 Å². The SMILES string of the molecule is CN1CCN(C(=O)c2cc(O)c3c(c2)C(=O)c2cc(O)cc(O)c2C3=O)CC1. The van der Waals surface area contributed by atoms with Gasteiger partial charge in [0.25, 0.3) is 5.91 Å². The minimum Gasteiger partial charge on any atom is -0.508 e. The standard InChI is InChI=1S/C20H18N2O6/c1-21-2-4-22(5-3-21)20(28)10-6-12-16(14(24)7-10)19(27)17-13(18(12)26)8-11(23)9-15(17)25/h6-9,23-25H,2-5H2,1H3. The van der Waals surface area contributed by atoms with Crippen LogP contribution in [0, 0.1) is 0 Å². The van der Waals surface area contributed by atoms with Gasteiger partial charge in [-0.25, -0.2) is 0 Å². The zero-order chi connectivity index (χ0) is 20.2. The number of piperazine rings is 1. The number of benzene rings is 2. The molecule has 2 aromatic rings. The van der Waals surface area contributed by atoms with E-state index in [2.05, 4.69) is 4.90 Å². The van der Waals surface area contributed by atoms with Gasteiger partial charge in [0.15, 0.2) is 5.78 Å². The smallest absolute Gasteiger partial charge is 0.254 e. The Hall–Kier alpha value is -3.39. The van der Waals surface area contributed by atoms with Crippen LogP contribution in [-0.2, 0) is 0 Å². The summed E-state index contributed by atoms with van der Waals surface area (Å²) < 4.78 is 0. The number of ketones is 2. The average Bonchev–Trinajstić information content (AvgIpc) is 2.65. The molecule has 28 heavy (non-hydrogen) atoms. The summed E-state index contributed by atoms with van der Waals surface area (Å²) in [5.41, 5.74) is -0.717. The minimum atomic E-state index is -0.738. The first-order valence-electron chi connectivity index (χ1n) is 8.78. The molecular weight excluding hydrogens is 364 g/mol. The lowest BCUT2D eigenvalue weighted by atomic mass is 9.82. The van der Waals surface area contributed by atoms with Crippen LogP contribution < -0.4 is 0 Å². The van der Waals surface area contributed by atoms with E-state index in [0.717, 1.165) is 12.1 Å². The predicted molar refractivity (Wildman–Crippen MR) is 98.1 cm³/mol. The van der Waals surface area contributed by atoms with Crippen molar-refractivity contribution in [3.63, 3.8) is 0 Å². The Balaban J connectivity index is 1.79. The van der Waals surface area contributed by atoms with Crippen LogP contribution in [0.15, 0.2) is 24.3 Å². The molecule has 0 bridgehead atoms. The van der Waals surface area contributed by atoms with Gasteiger partial charge in [-0.15, -0.1) is 0 Å². The Morgan fingerprint density at radius 2 is 1.39 bits per heavy atom. The maximum absolute atomic E-state index is 12.9. The number of aromatic hydroxyl groups is 3. The van der Waals surface area contributed by atoms with Crippen molar-refractivity contribution in [1.29, 1.82) is 0 Å². The van der Waals surface area contributed by atoms with Crippen molar-refractivity contribution in [2.45, 2.75) is 0 Å². The lowest BCUT2D eigenvalue weighted by molar-refractivity contribution is 0.0663. The molecule has 0 spiro atoms. The molecule has 1 aliphatic heterocycles. The molecule has 0 atom stereocenters. The van der Waals surface area contributed by atoms with Crippen LogP contribution in [0.2, 0.25) is 0 Å². The maximum atomic E-state index is 12.9. The highest BCUT2D eigenvalue weighted by atomic mass is 16.3. The Bertz CT molecular complexity index is 1040. The summed E-state index contributed by atoms with van der Waals surface area (Å²) in [6, 6.07) is 4.51. The quantitative estimate of drug-likeness (QED) is 0.574. The second-order valence-electron chi connectivity index (χ2n) is 7.06. The van der Waals surface area contributed by atoms with Gasteiger partial charge >= 0.3 is 0 Å². The first-order chi connectivity index (χ1) is 13.3. The summed E-state index contributed by atoms with van der Waals surface area (Å²) in [6.07, 6.45) is 0. The fraction of sp³-hybridized carbons (Fsp3) is 0.250. The largest absolute Gasteiger partial charge is 0.508 e. The fourth-order valence-electron chi connectivity index (χ4n) is 3.66. The number of likely N-dealkylation sites (N-methyl/N-ethyl adjacent to an activating group) is 1. The zero-order valence-electron chi connectivity index (χ0n) is 15.1. The van der Waals surface area contributed by atoms with E-state index in [1.807, 2.05) is 7.05 Å². The van der Waals surface area contributed by atoms with Crippen LogP contribution in [0.5, 0.6) is 17.2 Å². The third-order valence-corrected chi connectivity index (χ3v) is 5.20. The minimum absolute atomic E-state index is 0.106. The summed E-state index contributed by atoms with van der Waals surface area (Å²) in [5, 5.41) is 30.1. The van der Waals surface area contributed by atoms with Gasteiger partial charge < -0.3 is 25.1 Å². The highest BCUT2D eigenvalue weighted by Gasteiger charge is 2.36. The van der Waals surface area contributed by atoms with Crippen molar-refractivity contribution >= 4 is 17.5 Å². The number of hydrogen-bond acceptors (Lipinski definition) is 7. The fourth-order valence-corrected chi connectivity index (χ4v) is 3.66. The summed E-state index contributed by atoms with van der Waals surface area (Å²) in [7, 11) is 1.96. The number of fused-ring (bicyclic) bond motifs is 2. The maximum Gasteiger partial charge on any atom is 0.254 e. The Kier molecular flexibility index (Phi) is 4.08. The molecule has 0 aromatic heterocycles. The molecule has 1 amide bonds.